The van der Waals surface area contributed by atoms with Gasteiger partial charge < -0.3 is 10.2 Å². The summed E-state index contributed by atoms with van der Waals surface area (Å²) in [6, 6.07) is 8.98. The Morgan fingerprint density at radius 3 is 2.55 bits per heavy atom. The Balaban J connectivity index is 2.56. The Hall–Kier alpha value is -0.380. The normalized spacial score (nSPS) is 13.8. The van der Waals surface area contributed by atoms with Crippen molar-refractivity contribution in [1.29, 1.82) is 0 Å². The van der Waals surface area contributed by atoms with Gasteiger partial charge in [-0.3, -0.25) is 0 Å². The van der Waals surface area contributed by atoms with Crippen molar-refractivity contribution in [3.05, 3.63) is 34.3 Å². The van der Waals surface area contributed by atoms with E-state index in [-0.39, 0.29) is 5.41 Å². The zero-order valence-corrected chi connectivity index (χ0v) is 15.1. The van der Waals surface area contributed by atoms with Crippen molar-refractivity contribution < 1.29 is 0 Å². The molecule has 1 N–H and O–H groups in total. The summed E-state index contributed by atoms with van der Waals surface area (Å²) in [5, 5.41) is 3.62. The number of nitrogens with one attached hydrogen (secondary N) is 1. The molecule has 0 spiro atoms. The van der Waals surface area contributed by atoms with Gasteiger partial charge >= 0.3 is 0 Å². The Labute approximate surface area is 133 Å². The second kappa shape index (κ2) is 8.16. The van der Waals surface area contributed by atoms with Crippen molar-refractivity contribution >= 4 is 15.9 Å². The van der Waals surface area contributed by atoms with Gasteiger partial charge in [-0.05, 0) is 44.0 Å². The van der Waals surface area contributed by atoms with Crippen molar-refractivity contribution in [3.8, 4) is 0 Å². The lowest BCUT2D eigenvalue weighted by Crippen LogP contribution is -2.46. The van der Waals surface area contributed by atoms with Crippen LogP contribution in [0.5, 0.6) is 0 Å². The molecule has 114 valence electrons. The average Bonchev–Trinajstić information content (AvgIpc) is 2.38. The first-order valence-corrected chi connectivity index (χ1v) is 8.31. The van der Waals surface area contributed by atoms with E-state index in [1.54, 1.807) is 0 Å². The van der Waals surface area contributed by atoms with Crippen molar-refractivity contribution in [2.24, 2.45) is 5.41 Å². The van der Waals surface area contributed by atoms with E-state index in [2.05, 4.69) is 85.2 Å². The van der Waals surface area contributed by atoms with Crippen LogP contribution in [-0.2, 0) is 6.54 Å². The van der Waals surface area contributed by atoms with E-state index in [1.807, 2.05) is 0 Å². The predicted molar refractivity (Wildman–Crippen MR) is 92.0 cm³/mol. The van der Waals surface area contributed by atoms with E-state index in [0.717, 1.165) is 19.6 Å². The largest absolute Gasteiger partial charge is 0.314 e. The van der Waals surface area contributed by atoms with Gasteiger partial charge in [-0.2, -0.15) is 0 Å². The molecule has 2 nitrogen and oxygen atoms in total. The first-order chi connectivity index (χ1) is 9.36. The molecule has 1 rings (SSSR count). The molecule has 1 unspecified atom stereocenters. The van der Waals surface area contributed by atoms with E-state index in [9.17, 15) is 0 Å². The smallest absolute Gasteiger partial charge is 0.0242 e. The van der Waals surface area contributed by atoms with Crippen LogP contribution in [0.3, 0.4) is 0 Å². The summed E-state index contributed by atoms with van der Waals surface area (Å²) in [6.07, 6.45) is 1.19. The second-order valence-corrected chi connectivity index (χ2v) is 7.28. The van der Waals surface area contributed by atoms with Crippen LogP contribution in [0.15, 0.2) is 28.7 Å². The molecule has 0 radical (unpaired) electrons. The fraction of sp³-hybridized carbons (Fsp3) is 0.647. The van der Waals surface area contributed by atoms with Crippen molar-refractivity contribution in [1.82, 2.24) is 10.2 Å². The number of halogens is 1. The van der Waals surface area contributed by atoms with Crippen LogP contribution >= 0.6 is 15.9 Å². The minimum atomic E-state index is 0.255. The van der Waals surface area contributed by atoms with Crippen LogP contribution in [0.1, 0.15) is 39.7 Å². The summed E-state index contributed by atoms with van der Waals surface area (Å²) in [4.78, 5) is 2.41. The SMILES string of the molecule is CCCNC(C)C(C)(C)CN(C)Cc1ccccc1Br. The Morgan fingerprint density at radius 1 is 1.30 bits per heavy atom. The lowest BCUT2D eigenvalue weighted by molar-refractivity contribution is 0.160. The third-order valence-electron chi connectivity index (χ3n) is 3.95. The van der Waals surface area contributed by atoms with Gasteiger partial charge in [0.15, 0.2) is 0 Å². The molecule has 0 heterocycles. The summed E-state index contributed by atoms with van der Waals surface area (Å²) >= 11 is 3.63. The van der Waals surface area contributed by atoms with Crippen LogP contribution in [0.25, 0.3) is 0 Å². The van der Waals surface area contributed by atoms with Gasteiger partial charge in [0.25, 0.3) is 0 Å². The minimum Gasteiger partial charge on any atom is -0.314 e. The monoisotopic (exact) mass is 340 g/mol. The zero-order valence-electron chi connectivity index (χ0n) is 13.5. The number of benzene rings is 1. The number of rotatable bonds is 8. The highest BCUT2D eigenvalue weighted by Crippen LogP contribution is 2.24. The van der Waals surface area contributed by atoms with Crippen molar-refractivity contribution in [2.45, 2.75) is 46.7 Å². The summed E-state index contributed by atoms with van der Waals surface area (Å²) in [5.41, 5.74) is 1.60. The van der Waals surface area contributed by atoms with E-state index < -0.39 is 0 Å². The van der Waals surface area contributed by atoms with E-state index in [4.69, 9.17) is 0 Å². The predicted octanol–water partition coefficient (Wildman–Crippen LogP) is 4.30. The molecular formula is C17H29BrN2. The van der Waals surface area contributed by atoms with Crippen LogP contribution in [-0.4, -0.2) is 31.1 Å². The molecule has 0 aliphatic heterocycles. The highest BCUT2D eigenvalue weighted by atomic mass is 79.9. The maximum atomic E-state index is 3.63. The van der Waals surface area contributed by atoms with Gasteiger partial charge in [-0.25, -0.2) is 0 Å². The molecule has 20 heavy (non-hydrogen) atoms. The number of nitrogens with zero attached hydrogens (tertiary/aromatic N) is 1. The summed E-state index contributed by atoms with van der Waals surface area (Å²) in [6.45, 7) is 12.3. The molecule has 0 saturated heterocycles. The Morgan fingerprint density at radius 2 is 1.95 bits per heavy atom. The van der Waals surface area contributed by atoms with Gasteiger partial charge in [-0.15, -0.1) is 0 Å². The fourth-order valence-corrected chi connectivity index (χ4v) is 2.85. The lowest BCUT2D eigenvalue weighted by atomic mass is 9.84. The molecule has 3 heteroatoms. The number of hydrogen-bond donors (Lipinski definition) is 1. The molecule has 1 aromatic rings. The van der Waals surface area contributed by atoms with Crippen molar-refractivity contribution in [3.63, 3.8) is 0 Å². The highest BCUT2D eigenvalue weighted by Gasteiger charge is 2.26. The molecule has 0 saturated carbocycles. The van der Waals surface area contributed by atoms with E-state index in [0.29, 0.717) is 6.04 Å². The second-order valence-electron chi connectivity index (χ2n) is 6.43. The first-order valence-electron chi connectivity index (χ1n) is 7.52. The Bertz CT molecular complexity index is 404. The minimum absolute atomic E-state index is 0.255. The third kappa shape index (κ3) is 5.55. The molecule has 0 aliphatic rings. The highest BCUT2D eigenvalue weighted by molar-refractivity contribution is 9.10. The fourth-order valence-electron chi connectivity index (χ4n) is 2.44. The van der Waals surface area contributed by atoms with Gasteiger partial charge in [0.05, 0.1) is 0 Å². The van der Waals surface area contributed by atoms with Gasteiger partial charge in [0.1, 0.15) is 0 Å². The molecule has 0 aromatic heterocycles. The van der Waals surface area contributed by atoms with Crippen LogP contribution in [0.2, 0.25) is 0 Å². The maximum absolute atomic E-state index is 3.63. The molecule has 0 amide bonds. The number of hydrogen-bond acceptors (Lipinski definition) is 2. The molecular weight excluding hydrogens is 312 g/mol. The van der Waals surface area contributed by atoms with Crippen LogP contribution in [0.4, 0.5) is 0 Å². The third-order valence-corrected chi connectivity index (χ3v) is 4.72. The molecule has 0 bridgehead atoms. The Kier molecular flexibility index (Phi) is 7.21. The summed E-state index contributed by atoms with van der Waals surface area (Å²) in [7, 11) is 2.20. The summed E-state index contributed by atoms with van der Waals surface area (Å²) in [5.74, 6) is 0. The van der Waals surface area contributed by atoms with Gasteiger partial charge in [-0.1, -0.05) is 54.9 Å². The van der Waals surface area contributed by atoms with Crippen LogP contribution in [0, 0.1) is 5.41 Å². The first kappa shape index (κ1) is 17.7. The van der Waals surface area contributed by atoms with Gasteiger partial charge in [0.2, 0.25) is 0 Å². The standard InChI is InChI=1S/C17H29BrN2/c1-6-11-19-14(2)17(3,4)13-20(5)12-15-9-7-8-10-16(15)18/h7-10,14,19H,6,11-13H2,1-5H3. The van der Waals surface area contributed by atoms with Crippen LogP contribution < -0.4 is 5.32 Å². The zero-order chi connectivity index (χ0) is 15.2. The van der Waals surface area contributed by atoms with E-state index >= 15 is 0 Å². The van der Waals surface area contributed by atoms with E-state index in [1.165, 1.54) is 16.5 Å². The average molecular weight is 341 g/mol. The quantitative estimate of drug-likeness (QED) is 0.759. The van der Waals surface area contributed by atoms with Gasteiger partial charge in [0, 0.05) is 23.6 Å². The summed E-state index contributed by atoms with van der Waals surface area (Å²) < 4.78 is 1.20. The molecule has 1 aromatic carbocycles. The lowest BCUT2D eigenvalue weighted by Gasteiger charge is -2.36. The molecule has 0 fully saturated rings. The van der Waals surface area contributed by atoms with Crippen molar-refractivity contribution in [2.75, 3.05) is 20.1 Å². The molecule has 1 atom stereocenters. The maximum Gasteiger partial charge on any atom is 0.0242 e. The molecule has 0 aliphatic carbocycles. The topological polar surface area (TPSA) is 15.3 Å².